The first-order valence-electron chi connectivity index (χ1n) is 3.38. The molecule has 10 heavy (non-hydrogen) atoms. The predicted molar refractivity (Wildman–Crippen MR) is 45.9 cm³/mol. The number of nitrogens with zero attached hydrogens (tertiary/aromatic N) is 1. The largest absolute Gasteiger partial charge is 0.306 e. The molecule has 0 heterocycles. The van der Waals surface area contributed by atoms with Gasteiger partial charge in [-0.05, 0) is 18.9 Å². The van der Waals surface area contributed by atoms with Gasteiger partial charge in [0.05, 0.1) is 0 Å². The van der Waals surface area contributed by atoms with Crippen LogP contribution >= 0.6 is 0 Å². The first kappa shape index (κ1) is 9.08. The number of allylic oxidation sites excluding steroid dienone is 1. The quantitative estimate of drug-likeness (QED) is 0.581. The van der Waals surface area contributed by atoms with E-state index in [1.807, 2.05) is 6.21 Å². The smallest absolute Gasteiger partial charge is 0.0298 e. The Labute approximate surface area is 62.2 Å². The summed E-state index contributed by atoms with van der Waals surface area (Å²) in [6.07, 6.45) is 5.15. The molecular weight excluding hydrogens is 124 g/mol. The minimum Gasteiger partial charge on any atom is -0.306 e. The van der Waals surface area contributed by atoms with E-state index in [2.05, 4.69) is 18.8 Å². The van der Waals surface area contributed by atoms with Crippen LogP contribution in [0.4, 0.5) is 0 Å². The van der Waals surface area contributed by atoms with Crippen LogP contribution in [0.2, 0.25) is 0 Å². The topological polar surface area (TPSA) is 36.2 Å². The van der Waals surface area contributed by atoms with Gasteiger partial charge in [0.2, 0.25) is 0 Å². The molecule has 0 bridgehead atoms. The van der Waals surface area contributed by atoms with Gasteiger partial charge in [-0.15, -0.1) is 0 Å². The van der Waals surface area contributed by atoms with Gasteiger partial charge in [0.15, 0.2) is 0 Å². The molecule has 0 spiro atoms. The average Bonchev–Trinajstić information content (AvgIpc) is 1.79. The van der Waals surface area contributed by atoms with Gasteiger partial charge >= 0.3 is 0 Å². The molecule has 0 aliphatic rings. The molecule has 0 aromatic carbocycles. The Hall–Kier alpha value is -0.920. The standard InChI is InChI=1S/C8H14N2/c1-7(2)6-10-5-4-8(3)9/h4-7,9H,1-3H3/b5-4-,9-8?,10-6?. The molecule has 0 saturated carbocycles. The lowest BCUT2D eigenvalue weighted by Gasteiger charge is -1.88. The maximum absolute atomic E-state index is 7.02. The zero-order valence-electron chi connectivity index (χ0n) is 6.76. The molecule has 0 fully saturated rings. The number of rotatable bonds is 3. The lowest BCUT2D eigenvalue weighted by molar-refractivity contribution is 0.907. The normalized spacial score (nSPS) is 12.0. The van der Waals surface area contributed by atoms with Crippen molar-refractivity contribution in [2.24, 2.45) is 10.9 Å². The van der Waals surface area contributed by atoms with Gasteiger partial charge in [-0.2, -0.15) is 0 Å². The van der Waals surface area contributed by atoms with E-state index < -0.39 is 0 Å². The minimum atomic E-state index is 0.482. The third kappa shape index (κ3) is 7.08. The van der Waals surface area contributed by atoms with Crippen LogP contribution in [0.5, 0.6) is 0 Å². The van der Waals surface area contributed by atoms with Gasteiger partial charge in [0.1, 0.15) is 0 Å². The van der Waals surface area contributed by atoms with E-state index in [0.29, 0.717) is 11.6 Å². The van der Waals surface area contributed by atoms with Gasteiger partial charge in [-0.3, -0.25) is 4.99 Å². The van der Waals surface area contributed by atoms with Crippen molar-refractivity contribution in [3.8, 4) is 0 Å². The first-order valence-corrected chi connectivity index (χ1v) is 3.38. The molecule has 2 heteroatoms. The van der Waals surface area contributed by atoms with Crippen molar-refractivity contribution in [1.29, 1.82) is 5.41 Å². The monoisotopic (exact) mass is 138 g/mol. The van der Waals surface area contributed by atoms with Crippen LogP contribution in [-0.4, -0.2) is 11.9 Å². The molecule has 0 rings (SSSR count). The van der Waals surface area contributed by atoms with Gasteiger partial charge in [-0.25, -0.2) is 0 Å². The van der Waals surface area contributed by atoms with Crippen LogP contribution in [0.3, 0.4) is 0 Å². The van der Waals surface area contributed by atoms with E-state index in [4.69, 9.17) is 5.41 Å². The fourth-order valence-electron chi connectivity index (χ4n) is 0.377. The van der Waals surface area contributed by atoms with E-state index >= 15 is 0 Å². The molecule has 0 aromatic rings. The lowest BCUT2D eigenvalue weighted by atomic mass is 10.2. The molecule has 0 saturated heterocycles. The Balaban J connectivity index is 3.62. The van der Waals surface area contributed by atoms with Gasteiger partial charge < -0.3 is 5.41 Å². The Morgan fingerprint density at radius 3 is 2.50 bits per heavy atom. The Morgan fingerprint density at radius 1 is 1.50 bits per heavy atom. The molecular formula is C8H14N2. The summed E-state index contributed by atoms with van der Waals surface area (Å²) in [6.45, 7) is 5.85. The SMILES string of the molecule is CC(=N)/C=C\N=CC(C)C. The fourth-order valence-corrected chi connectivity index (χ4v) is 0.377. The van der Waals surface area contributed by atoms with Gasteiger partial charge in [-0.1, -0.05) is 13.8 Å². The second-order valence-corrected chi connectivity index (χ2v) is 2.54. The number of hydrogen-bond acceptors (Lipinski definition) is 2. The molecule has 0 unspecified atom stereocenters. The van der Waals surface area contributed by atoms with E-state index in [-0.39, 0.29) is 0 Å². The van der Waals surface area contributed by atoms with Crippen molar-refractivity contribution in [1.82, 2.24) is 0 Å². The van der Waals surface area contributed by atoms with E-state index in [0.717, 1.165) is 0 Å². The van der Waals surface area contributed by atoms with E-state index in [9.17, 15) is 0 Å². The van der Waals surface area contributed by atoms with Crippen molar-refractivity contribution < 1.29 is 0 Å². The predicted octanol–water partition coefficient (Wildman–Crippen LogP) is 2.27. The third-order valence-electron chi connectivity index (χ3n) is 0.795. The maximum Gasteiger partial charge on any atom is 0.0298 e. The second kappa shape index (κ2) is 4.91. The highest BCUT2D eigenvalue weighted by molar-refractivity contribution is 5.89. The number of nitrogens with one attached hydrogen (secondary N) is 1. The van der Waals surface area contributed by atoms with Gasteiger partial charge in [0, 0.05) is 18.1 Å². The Bertz CT molecular complexity index is 155. The van der Waals surface area contributed by atoms with Crippen LogP contribution in [0.15, 0.2) is 17.3 Å². The second-order valence-electron chi connectivity index (χ2n) is 2.54. The van der Waals surface area contributed by atoms with Crippen LogP contribution in [-0.2, 0) is 0 Å². The van der Waals surface area contributed by atoms with Crippen molar-refractivity contribution in [3.05, 3.63) is 12.3 Å². The zero-order valence-corrected chi connectivity index (χ0v) is 6.76. The number of aliphatic imine (C=N–C) groups is 1. The Kier molecular flexibility index (Phi) is 4.46. The molecule has 56 valence electrons. The molecule has 0 aromatic heterocycles. The van der Waals surface area contributed by atoms with Crippen molar-refractivity contribution in [2.45, 2.75) is 20.8 Å². The van der Waals surface area contributed by atoms with Crippen LogP contribution < -0.4 is 0 Å². The zero-order chi connectivity index (χ0) is 7.98. The van der Waals surface area contributed by atoms with Gasteiger partial charge in [0.25, 0.3) is 0 Å². The first-order chi connectivity index (χ1) is 4.63. The van der Waals surface area contributed by atoms with E-state index in [1.165, 1.54) is 0 Å². The summed E-state index contributed by atoms with van der Waals surface area (Å²) in [7, 11) is 0. The van der Waals surface area contributed by atoms with E-state index in [1.54, 1.807) is 19.2 Å². The summed E-state index contributed by atoms with van der Waals surface area (Å²) in [5.41, 5.74) is 0.529. The summed E-state index contributed by atoms with van der Waals surface area (Å²) in [4.78, 5) is 3.96. The molecule has 1 N–H and O–H groups in total. The van der Waals surface area contributed by atoms with Crippen LogP contribution in [0, 0.1) is 11.3 Å². The molecule has 0 radical (unpaired) electrons. The minimum absolute atomic E-state index is 0.482. The van der Waals surface area contributed by atoms with Crippen LogP contribution in [0.1, 0.15) is 20.8 Å². The van der Waals surface area contributed by atoms with Crippen molar-refractivity contribution >= 4 is 11.9 Å². The maximum atomic E-state index is 7.02. The highest BCUT2D eigenvalue weighted by Gasteiger charge is 1.80. The van der Waals surface area contributed by atoms with Crippen LogP contribution in [0.25, 0.3) is 0 Å². The highest BCUT2D eigenvalue weighted by Crippen LogP contribution is 1.85. The molecule has 0 aliphatic carbocycles. The summed E-state index contributed by atoms with van der Waals surface area (Å²) in [5.74, 6) is 0.482. The number of hydrogen-bond donors (Lipinski definition) is 1. The molecule has 0 amide bonds. The summed E-state index contributed by atoms with van der Waals surface area (Å²) in [6, 6.07) is 0. The Morgan fingerprint density at radius 2 is 2.10 bits per heavy atom. The summed E-state index contributed by atoms with van der Waals surface area (Å²) >= 11 is 0. The summed E-state index contributed by atoms with van der Waals surface area (Å²) < 4.78 is 0. The molecule has 0 atom stereocenters. The highest BCUT2D eigenvalue weighted by atomic mass is 14.7. The third-order valence-corrected chi connectivity index (χ3v) is 0.795. The average molecular weight is 138 g/mol. The lowest BCUT2D eigenvalue weighted by Crippen LogP contribution is -1.85. The molecule has 0 aliphatic heterocycles. The summed E-state index contributed by atoms with van der Waals surface area (Å²) in [5, 5.41) is 7.02. The van der Waals surface area contributed by atoms with Crippen molar-refractivity contribution in [3.63, 3.8) is 0 Å². The molecule has 2 nitrogen and oxygen atoms in total. The van der Waals surface area contributed by atoms with Crippen molar-refractivity contribution in [2.75, 3.05) is 0 Å². The fraction of sp³-hybridized carbons (Fsp3) is 0.500.